The fourth-order valence-electron chi connectivity index (χ4n) is 1.67. The van der Waals surface area contributed by atoms with Crippen molar-refractivity contribution in [2.24, 2.45) is 0 Å². The molecule has 0 aliphatic heterocycles. The Morgan fingerprint density at radius 1 is 0.789 bits per heavy atom. The van der Waals surface area contributed by atoms with Crippen LogP contribution in [0.5, 0.6) is 11.6 Å². The summed E-state index contributed by atoms with van der Waals surface area (Å²) >= 11 is 0. The first-order valence-electron chi connectivity index (χ1n) is 5.89. The van der Waals surface area contributed by atoms with Crippen LogP contribution < -0.4 is 4.74 Å². The highest BCUT2D eigenvalue weighted by molar-refractivity contribution is 5.58. The second kappa shape index (κ2) is 5.27. The number of benzene rings is 1. The van der Waals surface area contributed by atoms with Crippen LogP contribution in [-0.4, -0.2) is 15.2 Å². The normalized spacial score (nSPS) is 10.1. The molecular formula is C15H11N3O. The van der Waals surface area contributed by atoms with Crippen molar-refractivity contribution in [2.45, 2.75) is 0 Å². The Bertz CT molecular complexity index is 639. The molecule has 0 saturated carbocycles. The predicted octanol–water partition coefficient (Wildman–Crippen LogP) is 3.33. The van der Waals surface area contributed by atoms with Crippen LogP contribution >= 0.6 is 0 Å². The Labute approximate surface area is 110 Å². The molecule has 3 rings (SSSR count). The molecule has 2 aromatic heterocycles. The van der Waals surface area contributed by atoms with E-state index in [4.69, 9.17) is 4.74 Å². The van der Waals surface area contributed by atoms with Gasteiger partial charge >= 0.3 is 0 Å². The second-order valence-corrected chi connectivity index (χ2v) is 3.91. The Kier molecular flexibility index (Phi) is 3.14. The maximum Gasteiger partial charge on any atom is 0.238 e. The van der Waals surface area contributed by atoms with E-state index in [1.54, 1.807) is 24.5 Å². The van der Waals surface area contributed by atoms with Gasteiger partial charge in [-0.2, -0.15) is 0 Å². The highest BCUT2D eigenvalue weighted by Gasteiger charge is 2.02. The molecule has 0 fully saturated rings. The van der Waals surface area contributed by atoms with Crippen LogP contribution in [0.25, 0.3) is 11.3 Å². The lowest BCUT2D eigenvalue weighted by Gasteiger charge is -2.04. The molecule has 0 amide bonds. The van der Waals surface area contributed by atoms with Gasteiger partial charge in [0.1, 0.15) is 5.75 Å². The fraction of sp³-hybridized carbons (Fsp3) is 0. The molecule has 2 heterocycles. The summed E-state index contributed by atoms with van der Waals surface area (Å²) in [6, 6.07) is 17.2. The lowest BCUT2D eigenvalue weighted by Crippen LogP contribution is -1.92. The van der Waals surface area contributed by atoms with Crippen LogP contribution in [0, 0.1) is 0 Å². The van der Waals surface area contributed by atoms with Crippen molar-refractivity contribution < 1.29 is 4.74 Å². The molecule has 4 heteroatoms. The minimum absolute atomic E-state index is 0.452. The lowest BCUT2D eigenvalue weighted by molar-refractivity contribution is 0.453. The van der Waals surface area contributed by atoms with E-state index < -0.39 is 0 Å². The van der Waals surface area contributed by atoms with Crippen molar-refractivity contribution in [3.05, 3.63) is 67.0 Å². The van der Waals surface area contributed by atoms with Gasteiger partial charge in [-0.25, -0.2) is 0 Å². The minimum atomic E-state index is 0.452. The molecule has 3 aromatic rings. The van der Waals surface area contributed by atoms with Crippen molar-refractivity contribution in [3.8, 4) is 22.9 Å². The molecule has 92 valence electrons. The molecule has 4 nitrogen and oxygen atoms in total. The SMILES string of the molecule is c1ccc(-c2ccc(Oc3cccnc3)nn2)cc1. The fourth-order valence-corrected chi connectivity index (χ4v) is 1.67. The van der Waals surface area contributed by atoms with Crippen LogP contribution in [0.3, 0.4) is 0 Å². The molecule has 0 unspecified atom stereocenters. The number of ether oxygens (including phenoxy) is 1. The van der Waals surface area contributed by atoms with Gasteiger partial charge in [-0.1, -0.05) is 30.3 Å². The monoisotopic (exact) mass is 249 g/mol. The summed E-state index contributed by atoms with van der Waals surface area (Å²) in [5.74, 6) is 1.09. The van der Waals surface area contributed by atoms with Gasteiger partial charge in [0, 0.05) is 17.8 Å². The number of nitrogens with zero attached hydrogens (tertiary/aromatic N) is 3. The van der Waals surface area contributed by atoms with Gasteiger partial charge in [-0.15, -0.1) is 10.2 Å². The number of rotatable bonds is 3. The Morgan fingerprint density at radius 3 is 2.37 bits per heavy atom. The van der Waals surface area contributed by atoms with Crippen molar-refractivity contribution in [3.63, 3.8) is 0 Å². The van der Waals surface area contributed by atoms with E-state index in [0.717, 1.165) is 11.3 Å². The molecule has 0 spiro atoms. The van der Waals surface area contributed by atoms with Crippen LogP contribution in [0.4, 0.5) is 0 Å². The maximum atomic E-state index is 5.53. The third-order valence-electron chi connectivity index (χ3n) is 2.57. The molecule has 0 saturated heterocycles. The maximum absolute atomic E-state index is 5.53. The van der Waals surface area contributed by atoms with Gasteiger partial charge < -0.3 is 4.74 Å². The van der Waals surface area contributed by atoms with Crippen LogP contribution in [-0.2, 0) is 0 Å². The summed E-state index contributed by atoms with van der Waals surface area (Å²) in [6.07, 6.45) is 3.32. The van der Waals surface area contributed by atoms with E-state index in [2.05, 4.69) is 15.2 Å². The first-order valence-corrected chi connectivity index (χ1v) is 5.89. The van der Waals surface area contributed by atoms with Gasteiger partial charge in [-0.05, 0) is 18.2 Å². The van der Waals surface area contributed by atoms with Gasteiger partial charge in [-0.3, -0.25) is 4.98 Å². The van der Waals surface area contributed by atoms with Crippen LogP contribution in [0.1, 0.15) is 0 Å². The quantitative estimate of drug-likeness (QED) is 0.714. The molecule has 0 atom stereocenters. The highest BCUT2D eigenvalue weighted by atomic mass is 16.5. The van der Waals surface area contributed by atoms with E-state index in [-0.39, 0.29) is 0 Å². The van der Waals surface area contributed by atoms with Crippen molar-refractivity contribution >= 4 is 0 Å². The lowest BCUT2D eigenvalue weighted by atomic mass is 10.1. The molecule has 19 heavy (non-hydrogen) atoms. The summed E-state index contributed by atoms with van der Waals surface area (Å²) < 4.78 is 5.53. The zero-order chi connectivity index (χ0) is 12.9. The average molecular weight is 249 g/mol. The molecule has 0 aliphatic carbocycles. The molecule has 0 N–H and O–H groups in total. The summed E-state index contributed by atoms with van der Waals surface area (Å²) in [5.41, 5.74) is 1.85. The standard InChI is InChI=1S/C15H11N3O/c1-2-5-12(6-3-1)14-8-9-15(18-17-14)19-13-7-4-10-16-11-13/h1-11H. The van der Waals surface area contributed by atoms with Crippen molar-refractivity contribution in [2.75, 3.05) is 0 Å². The zero-order valence-electron chi connectivity index (χ0n) is 10.1. The molecular weight excluding hydrogens is 238 g/mol. The Hall–Kier alpha value is -2.75. The zero-order valence-corrected chi connectivity index (χ0v) is 10.1. The van der Waals surface area contributed by atoms with E-state index in [9.17, 15) is 0 Å². The molecule has 0 aliphatic rings. The summed E-state index contributed by atoms with van der Waals surface area (Å²) in [4.78, 5) is 3.97. The van der Waals surface area contributed by atoms with E-state index in [1.165, 1.54) is 0 Å². The summed E-state index contributed by atoms with van der Waals surface area (Å²) in [6.45, 7) is 0. The topological polar surface area (TPSA) is 47.9 Å². The average Bonchev–Trinajstić information content (AvgIpc) is 2.50. The first kappa shape index (κ1) is 11.3. The number of pyridine rings is 1. The number of hydrogen-bond acceptors (Lipinski definition) is 4. The van der Waals surface area contributed by atoms with Gasteiger partial charge in [0.2, 0.25) is 5.88 Å². The minimum Gasteiger partial charge on any atom is -0.436 e. The third-order valence-corrected chi connectivity index (χ3v) is 2.57. The smallest absolute Gasteiger partial charge is 0.238 e. The summed E-state index contributed by atoms with van der Waals surface area (Å²) in [5, 5.41) is 8.20. The van der Waals surface area contributed by atoms with Crippen LogP contribution in [0.2, 0.25) is 0 Å². The van der Waals surface area contributed by atoms with E-state index >= 15 is 0 Å². The van der Waals surface area contributed by atoms with Gasteiger partial charge in [0.15, 0.2) is 0 Å². The molecule has 0 radical (unpaired) electrons. The van der Waals surface area contributed by atoms with Crippen molar-refractivity contribution in [1.82, 2.24) is 15.2 Å². The first-order chi connectivity index (χ1) is 9.42. The van der Waals surface area contributed by atoms with Gasteiger partial charge in [0.25, 0.3) is 0 Å². The summed E-state index contributed by atoms with van der Waals surface area (Å²) in [7, 11) is 0. The predicted molar refractivity (Wildman–Crippen MR) is 71.8 cm³/mol. The largest absolute Gasteiger partial charge is 0.436 e. The van der Waals surface area contributed by atoms with E-state index in [1.807, 2.05) is 42.5 Å². The van der Waals surface area contributed by atoms with Crippen molar-refractivity contribution in [1.29, 1.82) is 0 Å². The molecule has 0 bridgehead atoms. The highest BCUT2D eigenvalue weighted by Crippen LogP contribution is 2.20. The van der Waals surface area contributed by atoms with Crippen LogP contribution in [0.15, 0.2) is 67.0 Å². The van der Waals surface area contributed by atoms with Gasteiger partial charge in [0.05, 0.1) is 11.9 Å². The Balaban J connectivity index is 1.80. The second-order valence-electron chi connectivity index (χ2n) is 3.91. The van der Waals surface area contributed by atoms with E-state index in [0.29, 0.717) is 11.6 Å². The number of aromatic nitrogens is 3. The number of hydrogen-bond donors (Lipinski definition) is 0. The Morgan fingerprint density at radius 2 is 1.68 bits per heavy atom. The molecule has 1 aromatic carbocycles. The third kappa shape index (κ3) is 2.74.